The van der Waals surface area contributed by atoms with Crippen molar-refractivity contribution in [3.63, 3.8) is 0 Å². The smallest absolute Gasteiger partial charge is 0.211 e. The molecule has 0 saturated carbocycles. The number of ether oxygens (including phenoxy) is 1. The summed E-state index contributed by atoms with van der Waals surface area (Å²) in [4.78, 5) is 14.9. The van der Waals surface area contributed by atoms with E-state index in [-0.39, 0.29) is 15.2 Å². The van der Waals surface area contributed by atoms with Crippen LogP contribution >= 0.6 is 0 Å². The SMILES string of the molecule is CCCCn1cc(S(=O)(=O)c2ccc(C)cc2)c(=O)c2cc(F)c(N3CCOCC3)cc21. The molecule has 3 aromatic rings. The van der Waals surface area contributed by atoms with Crippen LogP contribution in [0.15, 0.2) is 57.2 Å². The Balaban J connectivity index is 1.93. The fourth-order valence-electron chi connectivity index (χ4n) is 3.97. The van der Waals surface area contributed by atoms with Gasteiger partial charge in [0.15, 0.2) is 0 Å². The number of aromatic nitrogens is 1. The zero-order valence-corrected chi connectivity index (χ0v) is 19.1. The number of aryl methyl sites for hydroxylation is 2. The molecule has 1 aliphatic rings. The fraction of sp³-hybridized carbons (Fsp3) is 0.375. The molecule has 0 amide bonds. The largest absolute Gasteiger partial charge is 0.378 e. The van der Waals surface area contributed by atoms with Gasteiger partial charge in [-0.15, -0.1) is 0 Å². The molecule has 0 atom stereocenters. The van der Waals surface area contributed by atoms with Crippen LogP contribution in [-0.4, -0.2) is 39.3 Å². The summed E-state index contributed by atoms with van der Waals surface area (Å²) in [6.07, 6.45) is 3.11. The van der Waals surface area contributed by atoms with Crippen molar-refractivity contribution >= 4 is 26.4 Å². The zero-order chi connectivity index (χ0) is 22.9. The molecule has 6 nitrogen and oxygen atoms in total. The van der Waals surface area contributed by atoms with E-state index < -0.39 is 21.1 Å². The van der Waals surface area contributed by atoms with E-state index in [1.54, 1.807) is 22.8 Å². The fourth-order valence-corrected chi connectivity index (χ4v) is 5.34. The monoisotopic (exact) mass is 458 g/mol. The van der Waals surface area contributed by atoms with Crippen molar-refractivity contribution in [2.24, 2.45) is 0 Å². The molecule has 1 aromatic heterocycles. The molecule has 0 N–H and O–H groups in total. The topological polar surface area (TPSA) is 68.6 Å². The molecule has 1 fully saturated rings. The third-order valence-corrected chi connectivity index (χ3v) is 7.60. The van der Waals surface area contributed by atoms with Gasteiger partial charge >= 0.3 is 0 Å². The Bertz CT molecular complexity index is 1290. The van der Waals surface area contributed by atoms with Crippen molar-refractivity contribution < 1.29 is 17.5 Å². The lowest BCUT2D eigenvalue weighted by Crippen LogP contribution is -2.36. The van der Waals surface area contributed by atoms with Gasteiger partial charge in [-0.1, -0.05) is 31.0 Å². The first-order valence-electron chi connectivity index (χ1n) is 10.8. The number of unbranched alkanes of at least 4 members (excludes halogenated alkanes) is 1. The molecule has 0 aliphatic carbocycles. The molecule has 1 aliphatic heterocycles. The number of anilines is 1. The summed E-state index contributed by atoms with van der Waals surface area (Å²) >= 11 is 0. The maximum Gasteiger partial charge on any atom is 0.211 e. The van der Waals surface area contributed by atoms with Gasteiger partial charge in [0.1, 0.15) is 10.7 Å². The number of fused-ring (bicyclic) bond motifs is 1. The van der Waals surface area contributed by atoms with Crippen LogP contribution in [0.1, 0.15) is 25.3 Å². The minimum Gasteiger partial charge on any atom is -0.378 e. The molecule has 170 valence electrons. The summed E-state index contributed by atoms with van der Waals surface area (Å²) in [5.74, 6) is -0.538. The Morgan fingerprint density at radius 3 is 2.44 bits per heavy atom. The Labute approximate surface area is 187 Å². The first-order valence-corrected chi connectivity index (χ1v) is 12.3. The van der Waals surface area contributed by atoms with Crippen molar-refractivity contribution in [3.8, 4) is 0 Å². The van der Waals surface area contributed by atoms with Crippen LogP contribution in [0.2, 0.25) is 0 Å². The predicted octanol–water partition coefficient (Wildman–Crippen LogP) is 3.92. The number of pyridine rings is 1. The third-order valence-electron chi connectivity index (χ3n) is 5.84. The normalized spacial score (nSPS) is 14.8. The second-order valence-electron chi connectivity index (χ2n) is 8.11. The number of morpholine rings is 1. The Morgan fingerprint density at radius 1 is 1.09 bits per heavy atom. The van der Waals surface area contributed by atoms with Crippen molar-refractivity contribution in [2.75, 3.05) is 31.2 Å². The maximum atomic E-state index is 15.1. The maximum absolute atomic E-state index is 15.1. The molecular formula is C24H27FN2O4S. The van der Waals surface area contributed by atoms with Crippen LogP contribution in [0.3, 0.4) is 0 Å². The number of halogens is 1. The highest BCUT2D eigenvalue weighted by atomic mass is 32.2. The van der Waals surface area contributed by atoms with Crippen molar-refractivity contribution in [1.29, 1.82) is 0 Å². The van der Waals surface area contributed by atoms with E-state index in [0.717, 1.165) is 18.4 Å². The summed E-state index contributed by atoms with van der Waals surface area (Å²) in [7, 11) is -4.05. The summed E-state index contributed by atoms with van der Waals surface area (Å²) in [5, 5.41) is 0.0730. The minimum atomic E-state index is -4.05. The van der Waals surface area contributed by atoms with E-state index in [4.69, 9.17) is 4.74 Å². The second kappa shape index (κ2) is 9.03. The molecule has 0 bridgehead atoms. The number of hydrogen-bond donors (Lipinski definition) is 0. The molecule has 2 heterocycles. The van der Waals surface area contributed by atoms with Gasteiger partial charge in [-0.25, -0.2) is 12.8 Å². The van der Waals surface area contributed by atoms with Crippen LogP contribution in [0, 0.1) is 12.7 Å². The van der Waals surface area contributed by atoms with Gasteiger partial charge in [0, 0.05) is 25.8 Å². The predicted molar refractivity (Wildman–Crippen MR) is 123 cm³/mol. The van der Waals surface area contributed by atoms with E-state index in [9.17, 15) is 13.2 Å². The van der Waals surface area contributed by atoms with Crippen LogP contribution < -0.4 is 10.3 Å². The van der Waals surface area contributed by atoms with Gasteiger partial charge in [-0.05, 0) is 37.6 Å². The van der Waals surface area contributed by atoms with Gasteiger partial charge in [-0.3, -0.25) is 4.79 Å². The quantitative estimate of drug-likeness (QED) is 0.560. The first-order chi connectivity index (χ1) is 15.3. The van der Waals surface area contributed by atoms with E-state index in [1.165, 1.54) is 24.4 Å². The average molecular weight is 459 g/mol. The summed E-state index contributed by atoms with van der Waals surface area (Å²) in [5.41, 5.74) is 1.18. The van der Waals surface area contributed by atoms with Crippen LogP contribution in [0.25, 0.3) is 10.9 Å². The summed E-state index contributed by atoms with van der Waals surface area (Å²) in [6, 6.07) is 9.21. The molecule has 8 heteroatoms. The Hall–Kier alpha value is -2.71. The van der Waals surface area contributed by atoms with E-state index >= 15 is 4.39 Å². The molecule has 4 rings (SSSR count). The van der Waals surface area contributed by atoms with E-state index in [1.807, 2.05) is 18.7 Å². The van der Waals surface area contributed by atoms with Crippen molar-refractivity contribution in [3.05, 3.63) is 64.2 Å². The van der Waals surface area contributed by atoms with Crippen molar-refractivity contribution in [1.82, 2.24) is 4.57 Å². The van der Waals surface area contributed by atoms with Gasteiger partial charge in [0.2, 0.25) is 15.3 Å². The number of benzene rings is 2. The standard InChI is InChI=1S/C24H27FN2O4S/c1-3-4-9-27-16-23(32(29,30)18-7-5-17(2)6-8-18)24(28)19-14-20(25)22(15-21(19)27)26-10-12-31-13-11-26/h5-8,14-16H,3-4,9-13H2,1-2H3. The Kier molecular flexibility index (Phi) is 6.35. The zero-order valence-electron chi connectivity index (χ0n) is 18.3. The molecule has 2 aromatic carbocycles. The average Bonchev–Trinajstić information content (AvgIpc) is 2.79. The summed E-state index contributed by atoms with van der Waals surface area (Å²) in [6.45, 7) is 6.55. The molecule has 0 unspecified atom stereocenters. The second-order valence-corrected chi connectivity index (χ2v) is 10.0. The molecule has 32 heavy (non-hydrogen) atoms. The highest BCUT2D eigenvalue weighted by molar-refractivity contribution is 7.91. The first kappa shape index (κ1) is 22.5. The third kappa shape index (κ3) is 4.17. The Morgan fingerprint density at radius 2 is 1.78 bits per heavy atom. The summed E-state index contributed by atoms with van der Waals surface area (Å²) < 4.78 is 48.8. The van der Waals surface area contributed by atoms with Crippen LogP contribution in [0.4, 0.5) is 10.1 Å². The molecular weight excluding hydrogens is 431 g/mol. The van der Waals surface area contributed by atoms with Gasteiger partial charge in [-0.2, -0.15) is 0 Å². The number of rotatable bonds is 6. The van der Waals surface area contributed by atoms with Crippen LogP contribution in [0.5, 0.6) is 0 Å². The molecule has 1 saturated heterocycles. The van der Waals surface area contributed by atoms with E-state index in [2.05, 4.69) is 0 Å². The molecule has 0 radical (unpaired) electrons. The number of hydrogen-bond acceptors (Lipinski definition) is 5. The lowest BCUT2D eigenvalue weighted by Gasteiger charge is -2.29. The highest BCUT2D eigenvalue weighted by Gasteiger charge is 2.25. The molecule has 0 spiro atoms. The van der Waals surface area contributed by atoms with Crippen molar-refractivity contribution in [2.45, 2.75) is 43.0 Å². The van der Waals surface area contributed by atoms with Gasteiger partial charge in [0.05, 0.1) is 34.7 Å². The van der Waals surface area contributed by atoms with E-state index in [0.29, 0.717) is 44.1 Å². The minimum absolute atomic E-state index is 0.0481. The van der Waals surface area contributed by atoms with Gasteiger partial charge < -0.3 is 14.2 Å². The lowest BCUT2D eigenvalue weighted by molar-refractivity contribution is 0.122. The number of sulfone groups is 1. The number of nitrogens with zero attached hydrogens (tertiary/aromatic N) is 2. The lowest BCUT2D eigenvalue weighted by atomic mass is 10.1. The van der Waals surface area contributed by atoms with Gasteiger partial charge in [0.25, 0.3) is 0 Å². The highest BCUT2D eigenvalue weighted by Crippen LogP contribution is 2.28. The van der Waals surface area contributed by atoms with Crippen LogP contribution in [-0.2, 0) is 21.1 Å².